The van der Waals surface area contributed by atoms with E-state index in [1.807, 2.05) is 11.4 Å². The molecule has 0 radical (unpaired) electrons. The average molecular weight is 372 g/mol. The molecule has 0 unspecified atom stereocenters. The first-order valence-corrected chi connectivity index (χ1v) is 9.78. The monoisotopic (exact) mass is 371 g/mol. The Morgan fingerprint density at radius 3 is 2.73 bits per heavy atom. The van der Waals surface area contributed by atoms with Crippen molar-refractivity contribution >= 4 is 23.3 Å². The van der Waals surface area contributed by atoms with Gasteiger partial charge in [0.05, 0.1) is 12.2 Å². The molecule has 1 aliphatic heterocycles. The molecule has 2 heterocycles. The summed E-state index contributed by atoms with van der Waals surface area (Å²) in [6.45, 7) is 7.49. The van der Waals surface area contributed by atoms with Gasteiger partial charge in [0.25, 0.3) is 0 Å². The molecule has 1 aromatic heterocycles. The number of nitrogens with one attached hydrogen (secondary N) is 1. The second-order valence-electron chi connectivity index (χ2n) is 6.64. The van der Waals surface area contributed by atoms with Crippen molar-refractivity contribution < 1.29 is 9.53 Å². The van der Waals surface area contributed by atoms with Crippen molar-refractivity contribution in [3.05, 3.63) is 58.1 Å². The minimum Gasteiger partial charge on any atom is -0.373 e. The van der Waals surface area contributed by atoms with E-state index in [9.17, 15) is 4.79 Å². The SMILES string of the molecule is C[C@@H]1CN(Cc2ccccc2CNC(=O)/C=C/c2nccs2)C[C@H](C)O1. The fraction of sp³-hybridized carbons (Fsp3) is 0.400. The summed E-state index contributed by atoms with van der Waals surface area (Å²) in [5.41, 5.74) is 2.40. The van der Waals surface area contributed by atoms with Gasteiger partial charge in [0, 0.05) is 43.8 Å². The number of nitrogens with zero attached hydrogens (tertiary/aromatic N) is 2. The van der Waals surface area contributed by atoms with Crippen LogP contribution in [0.3, 0.4) is 0 Å². The highest BCUT2D eigenvalue weighted by Gasteiger charge is 2.22. The van der Waals surface area contributed by atoms with Crippen LogP contribution in [0.15, 0.2) is 41.9 Å². The van der Waals surface area contributed by atoms with Crippen LogP contribution in [0, 0.1) is 0 Å². The first-order chi connectivity index (χ1) is 12.6. The van der Waals surface area contributed by atoms with E-state index >= 15 is 0 Å². The maximum atomic E-state index is 12.1. The van der Waals surface area contributed by atoms with Crippen LogP contribution in [0.25, 0.3) is 6.08 Å². The molecule has 1 saturated heterocycles. The van der Waals surface area contributed by atoms with Crippen LogP contribution in [0.4, 0.5) is 0 Å². The Labute approximate surface area is 158 Å². The predicted molar refractivity (Wildman–Crippen MR) is 105 cm³/mol. The largest absolute Gasteiger partial charge is 0.373 e. The van der Waals surface area contributed by atoms with Crippen LogP contribution < -0.4 is 5.32 Å². The fourth-order valence-electron chi connectivity index (χ4n) is 3.24. The zero-order valence-corrected chi connectivity index (χ0v) is 16.0. The molecule has 138 valence electrons. The van der Waals surface area contributed by atoms with Crippen molar-refractivity contribution in [3.8, 4) is 0 Å². The summed E-state index contributed by atoms with van der Waals surface area (Å²) in [5.74, 6) is -0.108. The molecule has 1 aliphatic rings. The summed E-state index contributed by atoms with van der Waals surface area (Å²) in [4.78, 5) is 18.6. The smallest absolute Gasteiger partial charge is 0.244 e. The van der Waals surface area contributed by atoms with Gasteiger partial charge in [-0.05, 0) is 31.1 Å². The van der Waals surface area contributed by atoms with E-state index < -0.39 is 0 Å². The molecule has 3 rings (SSSR count). The van der Waals surface area contributed by atoms with Gasteiger partial charge in [-0.25, -0.2) is 4.98 Å². The molecular formula is C20H25N3O2S. The maximum absolute atomic E-state index is 12.1. The van der Waals surface area contributed by atoms with E-state index in [1.54, 1.807) is 12.3 Å². The molecule has 1 N–H and O–H groups in total. The van der Waals surface area contributed by atoms with Crippen molar-refractivity contribution in [1.29, 1.82) is 0 Å². The molecule has 5 nitrogen and oxygen atoms in total. The van der Waals surface area contributed by atoms with Gasteiger partial charge in [-0.2, -0.15) is 0 Å². The fourth-order valence-corrected chi connectivity index (χ4v) is 3.77. The second kappa shape index (κ2) is 9.07. The summed E-state index contributed by atoms with van der Waals surface area (Å²) in [5, 5.41) is 5.68. The predicted octanol–water partition coefficient (Wildman–Crippen LogP) is 3.08. The third-order valence-corrected chi connectivity index (χ3v) is 5.03. The number of amides is 1. The lowest BCUT2D eigenvalue weighted by Gasteiger charge is -2.35. The minimum absolute atomic E-state index is 0.108. The molecule has 1 fully saturated rings. The van der Waals surface area contributed by atoms with Gasteiger partial charge in [0.15, 0.2) is 0 Å². The summed E-state index contributed by atoms with van der Waals surface area (Å²) in [7, 11) is 0. The molecule has 2 atom stereocenters. The highest BCUT2D eigenvalue weighted by atomic mass is 32.1. The van der Waals surface area contributed by atoms with Crippen LogP contribution in [0.2, 0.25) is 0 Å². The lowest BCUT2D eigenvalue weighted by Crippen LogP contribution is -2.45. The normalized spacial score (nSPS) is 21.2. The molecule has 0 spiro atoms. The van der Waals surface area contributed by atoms with Gasteiger partial charge in [-0.15, -0.1) is 11.3 Å². The van der Waals surface area contributed by atoms with Gasteiger partial charge in [0.2, 0.25) is 5.91 Å². The summed E-state index contributed by atoms with van der Waals surface area (Å²) < 4.78 is 5.81. The first-order valence-electron chi connectivity index (χ1n) is 8.90. The molecule has 0 aliphatic carbocycles. The zero-order valence-electron chi connectivity index (χ0n) is 15.2. The third-order valence-electron chi connectivity index (χ3n) is 4.29. The number of carbonyl (C=O) groups is 1. The topological polar surface area (TPSA) is 54.5 Å². The molecular weight excluding hydrogens is 346 g/mol. The quantitative estimate of drug-likeness (QED) is 0.793. The van der Waals surface area contributed by atoms with E-state index in [4.69, 9.17) is 4.74 Å². The second-order valence-corrected chi connectivity index (χ2v) is 7.57. The summed E-state index contributed by atoms with van der Waals surface area (Å²) >= 11 is 1.51. The Balaban J connectivity index is 1.57. The van der Waals surface area contributed by atoms with Gasteiger partial charge >= 0.3 is 0 Å². The van der Waals surface area contributed by atoms with Crippen molar-refractivity contribution in [2.75, 3.05) is 13.1 Å². The number of hydrogen-bond acceptors (Lipinski definition) is 5. The van der Waals surface area contributed by atoms with Gasteiger partial charge in [-0.3, -0.25) is 9.69 Å². The number of rotatable bonds is 6. The number of ether oxygens (including phenoxy) is 1. The highest BCUT2D eigenvalue weighted by Crippen LogP contribution is 2.17. The molecule has 0 bridgehead atoms. The first kappa shape index (κ1) is 18.8. The third kappa shape index (κ3) is 5.49. The Morgan fingerprint density at radius 1 is 1.31 bits per heavy atom. The summed E-state index contributed by atoms with van der Waals surface area (Å²) in [6, 6.07) is 8.28. The number of aromatic nitrogens is 1. The standard InChI is InChI=1S/C20H25N3O2S/c1-15-12-23(13-16(2)25-15)14-18-6-4-3-5-17(18)11-22-19(24)7-8-20-21-9-10-26-20/h3-10,15-16H,11-14H2,1-2H3,(H,22,24)/b8-7+/t15-,16+. The lowest BCUT2D eigenvalue weighted by atomic mass is 10.1. The van der Waals surface area contributed by atoms with Crippen molar-refractivity contribution in [2.24, 2.45) is 0 Å². The summed E-state index contributed by atoms with van der Waals surface area (Å²) in [6.07, 6.45) is 5.50. The number of carbonyl (C=O) groups excluding carboxylic acids is 1. The number of hydrogen-bond donors (Lipinski definition) is 1. The van der Waals surface area contributed by atoms with Crippen molar-refractivity contribution in [3.63, 3.8) is 0 Å². The Hall–Kier alpha value is -2.02. The van der Waals surface area contributed by atoms with Gasteiger partial charge < -0.3 is 10.1 Å². The van der Waals surface area contributed by atoms with E-state index in [0.29, 0.717) is 6.54 Å². The van der Waals surface area contributed by atoms with E-state index in [2.05, 4.69) is 47.2 Å². The van der Waals surface area contributed by atoms with Crippen LogP contribution in [0.1, 0.15) is 30.0 Å². The highest BCUT2D eigenvalue weighted by molar-refractivity contribution is 7.10. The molecule has 1 amide bonds. The molecule has 2 aromatic rings. The van der Waals surface area contributed by atoms with E-state index in [1.165, 1.54) is 23.0 Å². The van der Waals surface area contributed by atoms with Crippen LogP contribution in [0.5, 0.6) is 0 Å². The molecule has 0 saturated carbocycles. The van der Waals surface area contributed by atoms with Gasteiger partial charge in [0.1, 0.15) is 5.01 Å². The van der Waals surface area contributed by atoms with Crippen molar-refractivity contribution in [2.45, 2.75) is 39.1 Å². The number of morpholine rings is 1. The minimum atomic E-state index is -0.108. The Bertz CT molecular complexity index is 735. The Kier molecular flexibility index (Phi) is 6.55. The molecule has 6 heteroatoms. The maximum Gasteiger partial charge on any atom is 0.244 e. The number of thiazole rings is 1. The lowest BCUT2D eigenvalue weighted by molar-refractivity contribution is -0.116. The Morgan fingerprint density at radius 2 is 2.04 bits per heavy atom. The molecule has 26 heavy (non-hydrogen) atoms. The number of benzene rings is 1. The van der Waals surface area contributed by atoms with Crippen molar-refractivity contribution in [1.82, 2.24) is 15.2 Å². The van der Waals surface area contributed by atoms with E-state index in [-0.39, 0.29) is 18.1 Å². The van der Waals surface area contributed by atoms with E-state index in [0.717, 1.165) is 30.2 Å². The molecule has 1 aromatic carbocycles. The van der Waals surface area contributed by atoms with Crippen LogP contribution in [-0.4, -0.2) is 41.1 Å². The zero-order chi connectivity index (χ0) is 18.4. The van der Waals surface area contributed by atoms with Crippen LogP contribution in [-0.2, 0) is 22.6 Å². The average Bonchev–Trinajstić information content (AvgIpc) is 3.12. The van der Waals surface area contributed by atoms with Gasteiger partial charge in [-0.1, -0.05) is 24.3 Å². The van der Waals surface area contributed by atoms with Crippen LogP contribution >= 0.6 is 11.3 Å².